The van der Waals surface area contributed by atoms with Crippen LogP contribution in [0, 0.1) is 0 Å². The van der Waals surface area contributed by atoms with Crippen LogP contribution in [0.15, 0.2) is 0 Å². The zero-order valence-corrected chi connectivity index (χ0v) is 9.80. The van der Waals surface area contributed by atoms with Gasteiger partial charge in [0.05, 0.1) is 0 Å². The Morgan fingerprint density at radius 1 is 1.27 bits per heavy atom. The summed E-state index contributed by atoms with van der Waals surface area (Å²) < 4.78 is 10.0. The predicted octanol–water partition coefficient (Wildman–Crippen LogP) is -0.481. The summed E-state index contributed by atoms with van der Waals surface area (Å²) in [5.41, 5.74) is 0. The van der Waals surface area contributed by atoms with E-state index >= 15 is 0 Å². The Kier molecular flexibility index (Phi) is 8.83. The molecule has 0 saturated carbocycles. The molecule has 11 heavy (non-hydrogen) atoms. The summed E-state index contributed by atoms with van der Waals surface area (Å²) in [4.78, 5) is 2.26. The van der Waals surface area contributed by atoms with E-state index in [1.54, 1.807) is 7.11 Å². The van der Waals surface area contributed by atoms with E-state index < -0.39 is 0 Å². The molecular formula is C7H18AlNO2. The first kappa shape index (κ1) is 11.4. The number of nitrogens with zero attached hydrogens (tertiary/aromatic N) is 1. The highest BCUT2D eigenvalue weighted by molar-refractivity contribution is 5.97. The Bertz CT molecular complexity index is 82.8. The molecule has 66 valence electrons. The minimum Gasteiger partial charge on any atom is -0.505 e. The monoisotopic (exact) mass is 175 g/mol. The lowest BCUT2D eigenvalue weighted by atomic mass is 10.4. The normalized spacial score (nSPS) is 10.8. The molecule has 0 saturated heterocycles. The van der Waals surface area contributed by atoms with Crippen LogP contribution in [0.5, 0.6) is 0 Å². The first-order valence-electron chi connectivity index (χ1n) is 3.97. The van der Waals surface area contributed by atoms with Gasteiger partial charge in [-0.05, 0) is 13.5 Å². The smallest absolute Gasteiger partial charge is 0.410 e. The highest BCUT2D eigenvalue weighted by Crippen LogP contribution is 1.87. The summed E-state index contributed by atoms with van der Waals surface area (Å²) in [5, 5.41) is 0. The quantitative estimate of drug-likeness (QED) is 0.385. The first-order valence-corrected chi connectivity index (χ1v) is 4.79. The van der Waals surface area contributed by atoms with Crippen LogP contribution < -0.4 is 0 Å². The zero-order chi connectivity index (χ0) is 8.53. The van der Waals surface area contributed by atoms with Gasteiger partial charge in [0.1, 0.15) is 0 Å². The molecule has 0 amide bonds. The van der Waals surface area contributed by atoms with Crippen LogP contribution in [0.3, 0.4) is 0 Å². The summed E-state index contributed by atoms with van der Waals surface area (Å²) in [6.45, 7) is 3.85. The summed E-state index contributed by atoms with van der Waals surface area (Å²) in [6.07, 6.45) is 1.11. The standard InChI is InChI=1S/C7H16NO2.Al.2H/c1-8(5-6-9)4-3-7-10-2;;;/h3-7H2,1-2H3;;;/q-1;+1;;. The topological polar surface area (TPSA) is 21.7 Å². The minimum absolute atomic E-state index is 0.849. The number of hydrogen-bond donors (Lipinski definition) is 0. The zero-order valence-electron chi connectivity index (χ0n) is 7.80. The van der Waals surface area contributed by atoms with Gasteiger partial charge in [-0.3, -0.25) is 0 Å². The minimum atomic E-state index is 0.849. The van der Waals surface area contributed by atoms with Crippen molar-refractivity contribution in [2.45, 2.75) is 6.42 Å². The van der Waals surface area contributed by atoms with Crippen molar-refractivity contribution in [1.29, 1.82) is 0 Å². The van der Waals surface area contributed by atoms with E-state index in [0.717, 1.165) is 49.3 Å². The number of ether oxygens (including phenoxy) is 1. The third-order valence-electron chi connectivity index (χ3n) is 1.57. The second-order valence-electron chi connectivity index (χ2n) is 2.64. The molecule has 0 aliphatic rings. The molecule has 0 spiro atoms. The molecule has 0 rings (SSSR count). The van der Waals surface area contributed by atoms with Gasteiger partial charge in [0.15, 0.2) is 0 Å². The molecule has 0 N–H and O–H groups in total. The van der Waals surface area contributed by atoms with Crippen molar-refractivity contribution in [2.75, 3.05) is 40.5 Å². The molecule has 0 aliphatic heterocycles. The molecule has 0 aromatic rings. The van der Waals surface area contributed by atoms with E-state index in [2.05, 4.69) is 11.9 Å². The maximum atomic E-state index is 5.08. The van der Waals surface area contributed by atoms with Gasteiger partial charge in [0.25, 0.3) is 0 Å². The highest BCUT2D eigenvalue weighted by Gasteiger charge is 1.95. The Hall–Kier alpha value is 0.412. The summed E-state index contributed by atoms with van der Waals surface area (Å²) in [7, 11) is 3.84. The Morgan fingerprint density at radius 3 is 2.55 bits per heavy atom. The molecule has 4 heteroatoms. The van der Waals surface area contributed by atoms with Crippen molar-refractivity contribution in [2.24, 2.45) is 0 Å². The molecule has 0 aliphatic carbocycles. The third-order valence-corrected chi connectivity index (χ3v) is 1.97. The molecule has 0 radical (unpaired) electrons. The van der Waals surface area contributed by atoms with Gasteiger partial charge in [-0.1, -0.05) is 0 Å². The number of hydrogen-bond acceptors (Lipinski definition) is 3. The second-order valence-corrected chi connectivity index (χ2v) is 3.22. The van der Waals surface area contributed by atoms with E-state index in [1.807, 2.05) is 0 Å². The fourth-order valence-corrected chi connectivity index (χ4v) is 1.02. The molecule has 0 unspecified atom stereocenters. The van der Waals surface area contributed by atoms with Crippen molar-refractivity contribution in [3.8, 4) is 0 Å². The molecular weight excluding hydrogens is 157 g/mol. The molecule has 0 atom stereocenters. The largest absolute Gasteiger partial charge is 0.505 e. The van der Waals surface area contributed by atoms with Crippen LogP contribution in [0.25, 0.3) is 0 Å². The maximum Gasteiger partial charge on any atom is 0.410 e. The fraction of sp³-hybridized carbons (Fsp3) is 1.00. The van der Waals surface area contributed by atoms with E-state index in [1.165, 1.54) is 0 Å². The predicted molar refractivity (Wildman–Crippen MR) is 48.5 cm³/mol. The van der Waals surface area contributed by atoms with Gasteiger partial charge in [-0.2, -0.15) is 0 Å². The van der Waals surface area contributed by atoms with Gasteiger partial charge in [-0.15, -0.1) is 0 Å². The van der Waals surface area contributed by atoms with Gasteiger partial charge < -0.3 is 13.4 Å². The lowest BCUT2D eigenvalue weighted by Crippen LogP contribution is -2.24. The van der Waals surface area contributed by atoms with Gasteiger partial charge in [0.2, 0.25) is 0 Å². The number of methoxy groups -OCH3 is 1. The number of rotatable bonds is 7. The van der Waals surface area contributed by atoms with E-state index in [0.29, 0.717) is 0 Å². The van der Waals surface area contributed by atoms with Gasteiger partial charge >= 0.3 is 16.6 Å². The summed E-state index contributed by atoms with van der Waals surface area (Å²) >= 11 is 0.849. The molecule has 0 bridgehead atoms. The van der Waals surface area contributed by atoms with Crippen molar-refractivity contribution >= 4 is 16.6 Å². The van der Waals surface area contributed by atoms with Gasteiger partial charge in [0, 0.05) is 33.4 Å². The van der Waals surface area contributed by atoms with Crippen LogP contribution in [0.2, 0.25) is 0 Å². The van der Waals surface area contributed by atoms with Crippen LogP contribution >= 0.6 is 0 Å². The van der Waals surface area contributed by atoms with Crippen molar-refractivity contribution in [3.63, 3.8) is 0 Å². The molecule has 3 nitrogen and oxygen atoms in total. The van der Waals surface area contributed by atoms with Gasteiger partial charge in [-0.25, -0.2) is 0 Å². The number of likely N-dealkylation sites (N-methyl/N-ethyl adjacent to an activating group) is 1. The van der Waals surface area contributed by atoms with Crippen molar-refractivity contribution < 1.29 is 8.53 Å². The second kappa shape index (κ2) is 8.51. The Balaban J connectivity index is 3.02. The molecule has 0 heterocycles. The van der Waals surface area contributed by atoms with Crippen LogP contribution in [0.4, 0.5) is 0 Å². The van der Waals surface area contributed by atoms with E-state index in [-0.39, 0.29) is 0 Å². The summed E-state index contributed by atoms with van der Waals surface area (Å²) in [6, 6.07) is 0. The molecule has 0 fully saturated rings. The van der Waals surface area contributed by atoms with Crippen LogP contribution in [-0.2, 0) is 8.53 Å². The maximum absolute atomic E-state index is 5.08. The first-order chi connectivity index (χ1) is 5.31. The van der Waals surface area contributed by atoms with Crippen molar-refractivity contribution in [1.82, 2.24) is 4.90 Å². The fourth-order valence-electron chi connectivity index (χ4n) is 0.838. The Morgan fingerprint density at radius 2 is 2.00 bits per heavy atom. The average molecular weight is 175 g/mol. The third kappa shape index (κ3) is 8.32. The van der Waals surface area contributed by atoms with Crippen molar-refractivity contribution in [3.05, 3.63) is 0 Å². The Labute approximate surface area is 77.4 Å². The van der Waals surface area contributed by atoms with Crippen LogP contribution in [0.1, 0.15) is 6.42 Å². The molecule has 0 aromatic carbocycles. The lowest BCUT2D eigenvalue weighted by Gasteiger charge is -2.15. The van der Waals surface area contributed by atoms with Crippen LogP contribution in [-0.4, -0.2) is 62.0 Å². The SMILES string of the molecule is COCCCN(C)CC[O][AlH2]. The highest BCUT2D eigenvalue weighted by atomic mass is 27.1. The van der Waals surface area contributed by atoms with E-state index in [4.69, 9.17) is 8.53 Å². The van der Waals surface area contributed by atoms with E-state index in [9.17, 15) is 0 Å². The summed E-state index contributed by atoms with van der Waals surface area (Å²) in [5.74, 6) is 0. The average Bonchev–Trinajstić information content (AvgIpc) is 2.01. The molecule has 0 aromatic heterocycles. The lowest BCUT2D eigenvalue weighted by molar-refractivity contribution is 0.173.